The third-order valence-corrected chi connectivity index (χ3v) is 6.30. The van der Waals surface area contributed by atoms with Gasteiger partial charge in [0.25, 0.3) is 15.9 Å². The van der Waals surface area contributed by atoms with Crippen molar-refractivity contribution in [3.8, 4) is 0 Å². The third-order valence-electron chi connectivity index (χ3n) is 4.53. The van der Waals surface area contributed by atoms with E-state index in [1.54, 1.807) is 38.4 Å². The molecule has 2 heterocycles. The molecule has 1 aromatic heterocycles. The number of nitrogens with one attached hydrogen (secondary N) is 1. The molecule has 150 valence electrons. The fourth-order valence-electron chi connectivity index (χ4n) is 2.87. The van der Waals surface area contributed by atoms with Gasteiger partial charge in [-0.3, -0.25) is 9.59 Å². The summed E-state index contributed by atoms with van der Waals surface area (Å²) in [5, 5.41) is 2.43. The first-order valence-electron chi connectivity index (χ1n) is 8.98. The van der Waals surface area contributed by atoms with Crippen molar-refractivity contribution in [3.63, 3.8) is 0 Å². The molecule has 9 heteroatoms. The van der Waals surface area contributed by atoms with Gasteiger partial charge < -0.3 is 14.6 Å². The molecule has 2 amide bonds. The van der Waals surface area contributed by atoms with Crippen molar-refractivity contribution in [3.05, 3.63) is 47.7 Å². The Labute approximate surface area is 164 Å². The Hall–Kier alpha value is -2.65. The molecule has 0 bridgehead atoms. The summed E-state index contributed by atoms with van der Waals surface area (Å²) in [4.78, 5) is 25.6. The maximum atomic E-state index is 12.5. The molecule has 0 radical (unpaired) electrons. The lowest BCUT2D eigenvalue weighted by atomic mass is 10.1. The van der Waals surface area contributed by atoms with Gasteiger partial charge in [0.05, 0.1) is 6.42 Å². The minimum absolute atomic E-state index is 0.0147. The molecule has 1 N–H and O–H groups in total. The van der Waals surface area contributed by atoms with E-state index in [0.717, 1.165) is 18.4 Å². The normalized spacial score (nSPS) is 14.8. The highest BCUT2D eigenvalue weighted by atomic mass is 32.2. The van der Waals surface area contributed by atoms with E-state index in [4.69, 9.17) is 4.42 Å². The van der Waals surface area contributed by atoms with Crippen molar-refractivity contribution < 1.29 is 22.4 Å². The van der Waals surface area contributed by atoms with Gasteiger partial charge in [-0.1, -0.05) is 12.1 Å². The topological polar surface area (TPSA) is 99.9 Å². The van der Waals surface area contributed by atoms with Crippen LogP contribution in [0.15, 0.2) is 45.9 Å². The summed E-state index contributed by atoms with van der Waals surface area (Å²) in [7, 11) is -0.312. The Balaban J connectivity index is 1.65. The molecule has 8 nitrogen and oxygen atoms in total. The van der Waals surface area contributed by atoms with Gasteiger partial charge in [-0.25, -0.2) is 8.42 Å². The number of nitrogens with zero attached hydrogens (tertiary/aromatic N) is 2. The average Bonchev–Trinajstić information content (AvgIpc) is 3.35. The second kappa shape index (κ2) is 8.15. The number of hydrogen-bond acceptors (Lipinski definition) is 5. The molecule has 1 saturated heterocycles. The van der Waals surface area contributed by atoms with Gasteiger partial charge in [0.15, 0.2) is 5.76 Å². The predicted octanol–water partition coefficient (Wildman–Crippen LogP) is 1.95. The first kappa shape index (κ1) is 20.1. The highest BCUT2D eigenvalue weighted by Gasteiger charge is 2.30. The van der Waals surface area contributed by atoms with Gasteiger partial charge in [-0.2, -0.15) is 4.31 Å². The van der Waals surface area contributed by atoms with Crippen LogP contribution in [0.3, 0.4) is 0 Å². The molecule has 0 saturated carbocycles. The van der Waals surface area contributed by atoms with Crippen molar-refractivity contribution in [2.75, 3.05) is 32.5 Å². The van der Waals surface area contributed by atoms with Crippen LogP contribution in [0, 0.1) is 0 Å². The first-order valence-corrected chi connectivity index (χ1v) is 10.4. The zero-order valence-electron chi connectivity index (χ0n) is 15.8. The first-order chi connectivity index (χ1) is 13.3. The zero-order valence-corrected chi connectivity index (χ0v) is 16.7. The van der Waals surface area contributed by atoms with Gasteiger partial charge >= 0.3 is 0 Å². The van der Waals surface area contributed by atoms with Crippen molar-refractivity contribution in [2.45, 2.75) is 24.4 Å². The van der Waals surface area contributed by atoms with E-state index in [2.05, 4.69) is 5.32 Å². The predicted molar refractivity (Wildman–Crippen MR) is 103 cm³/mol. The van der Waals surface area contributed by atoms with Crippen LogP contribution < -0.4 is 5.32 Å². The van der Waals surface area contributed by atoms with Crippen LogP contribution >= 0.6 is 0 Å². The van der Waals surface area contributed by atoms with Gasteiger partial charge in [-0.15, -0.1) is 0 Å². The van der Waals surface area contributed by atoms with Crippen LogP contribution in [-0.4, -0.2) is 56.6 Å². The third kappa shape index (κ3) is 4.42. The molecule has 3 rings (SSSR count). The number of anilines is 1. The zero-order chi connectivity index (χ0) is 20.3. The lowest BCUT2D eigenvalue weighted by Crippen LogP contribution is -2.27. The van der Waals surface area contributed by atoms with E-state index in [1.165, 1.54) is 21.3 Å². The van der Waals surface area contributed by atoms with E-state index < -0.39 is 15.9 Å². The van der Waals surface area contributed by atoms with Crippen LogP contribution in [0.1, 0.15) is 29.0 Å². The van der Waals surface area contributed by atoms with E-state index in [1.807, 2.05) is 0 Å². The number of sulfonamides is 1. The van der Waals surface area contributed by atoms with Crippen LogP contribution in [-0.2, 0) is 21.2 Å². The van der Waals surface area contributed by atoms with Crippen molar-refractivity contribution in [2.24, 2.45) is 0 Å². The molecule has 1 aromatic carbocycles. The molecule has 0 atom stereocenters. The van der Waals surface area contributed by atoms with Gasteiger partial charge in [-0.05, 0) is 42.7 Å². The van der Waals surface area contributed by atoms with Crippen LogP contribution in [0.25, 0.3) is 0 Å². The number of furan rings is 1. The summed E-state index contributed by atoms with van der Waals surface area (Å²) < 4.78 is 31.6. The molecule has 1 aliphatic rings. The standard InChI is InChI=1S/C19H23N3O5S/c1-21(2)17(23)13-14-5-7-15(8-6-14)20-19(24)16-9-10-18(27-16)28(25,26)22-11-3-4-12-22/h5-10H,3-4,11-13H2,1-2H3,(H,20,24). The fraction of sp³-hybridized carbons (Fsp3) is 0.368. The van der Waals surface area contributed by atoms with Crippen LogP contribution in [0.4, 0.5) is 5.69 Å². The number of likely N-dealkylation sites (N-methyl/N-ethyl adjacent to an activating group) is 1. The van der Waals surface area contributed by atoms with Crippen molar-refractivity contribution in [1.82, 2.24) is 9.21 Å². The molecule has 28 heavy (non-hydrogen) atoms. The summed E-state index contributed by atoms with van der Waals surface area (Å²) >= 11 is 0. The number of carbonyl (C=O) groups excluding carboxylic acids is 2. The highest BCUT2D eigenvalue weighted by Crippen LogP contribution is 2.23. The van der Waals surface area contributed by atoms with Crippen molar-refractivity contribution >= 4 is 27.5 Å². The molecule has 1 fully saturated rings. The SMILES string of the molecule is CN(C)C(=O)Cc1ccc(NC(=O)c2ccc(S(=O)(=O)N3CCCC3)o2)cc1. The number of carbonyl (C=O) groups is 2. The summed E-state index contributed by atoms with van der Waals surface area (Å²) in [6.07, 6.45) is 1.92. The second-order valence-corrected chi connectivity index (χ2v) is 8.71. The molecule has 0 spiro atoms. The molecular formula is C19H23N3O5S. The molecule has 1 aliphatic heterocycles. The Morgan fingerprint density at radius 1 is 1.07 bits per heavy atom. The minimum Gasteiger partial charge on any atom is -0.438 e. The largest absolute Gasteiger partial charge is 0.438 e. The molecule has 0 aliphatic carbocycles. The maximum absolute atomic E-state index is 12.5. The van der Waals surface area contributed by atoms with E-state index in [0.29, 0.717) is 18.8 Å². The Morgan fingerprint density at radius 2 is 1.71 bits per heavy atom. The molecule has 0 unspecified atom stereocenters. The average molecular weight is 405 g/mol. The number of amides is 2. The summed E-state index contributed by atoms with van der Waals surface area (Å²) in [5.41, 5.74) is 1.35. The van der Waals surface area contributed by atoms with Gasteiger partial charge in [0, 0.05) is 32.9 Å². The van der Waals surface area contributed by atoms with Gasteiger partial charge in [0.1, 0.15) is 0 Å². The summed E-state index contributed by atoms with van der Waals surface area (Å²) in [6.45, 7) is 0.931. The Kier molecular flexibility index (Phi) is 5.85. The minimum atomic E-state index is -3.70. The Morgan fingerprint density at radius 3 is 2.32 bits per heavy atom. The lowest BCUT2D eigenvalue weighted by molar-refractivity contribution is -0.127. The smallest absolute Gasteiger partial charge is 0.291 e. The fourth-order valence-corrected chi connectivity index (χ4v) is 4.30. The number of rotatable bonds is 6. The number of benzene rings is 1. The van der Waals surface area contributed by atoms with E-state index in [9.17, 15) is 18.0 Å². The van der Waals surface area contributed by atoms with Crippen molar-refractivity contribution in [1.29, 1.82) is 0 Å². The van der Waals surface area contributed by atoms with Gasteiger partial charge in [0.2, 0.25) is 11.0 Å². The van der Waals surface area contributed by atoms with Crippen LogP contribution in [0.5, 0.6) is 0 Å². The Bertz CT molecular complexity index is 958. The van der Waals surface area contributed by atoms with E-state index >= 15 is 0 Å². The highest BCUT2D eigenvalue weighted by molar-refractivity contribution is 7.89. The lowest BCUT2D eigenvalue weighted by Gasteiger charge is -2.12. The van der Waals surface area contributed by atoms with E-state index in [-0.39, 0.29) is 23.2 Å². The summed E-state index contributed by atoms with van der Waals surface area (Å²) in [5.74, 6) is -0.635. The summed E-state index contributed by atoms with van der Waals surface area (Å²) in [6, 6.07) is 9.52. The molecule has 2 aromatic rings. The second-order valence-electron chi connectivity index (χ2n) is 6.85. The number of hydrogen-bond donors (Lipinski definition) is 1. The monoisotopic (exact) mass is 405 g/mol. The quantitative estimate of drug-likeness (QED) is 0.792. The molecular weight excluding hydrogens is 382 g/mol. The maximum Gasteiger partial charge on any atom is 0.291 e. The van der Waals surface area contributed by atoms with Crippen LogP contribution in [0.2, 0.25) is 0 Å².